The van der Waals surface area contributed by atoms with Gasteiger partial charge in [-0.1, -0.05) is 37.3 Å². The van der Waals surface area contributed by atoms with Crippen LogP contribution in [0.2, 0.25) is 0 Å². The van der Waals surface area contributed by atoms with E-state index in [1.807, 2.05) is 0 Å². The Morgan fingerprint density at radius 3 is 2.20 bits per heavy atom. The number of carbonyl (C=O) groups excluding carboxylic acids is 9. The number of aliphatic carboxylic acids is 2. The van der Waals surface area contributed by atoms with Crippen LogP contribution in [0.1, 0.15) is 84.5 Å². The van der Waals surface area contributed by atoms with E-state index < -0.39 is 158 Å². The molecule has 2 aromatic heterocycles. The number of aliphatic hydroxyl groups is 1. The van der Waals surface area contributed by atoms with Crippen LogP contribution in [-0.4, -0.2) is 152 Å². The number of aromatic nitrogens is 2. The fourth-order valence-electron chi connectivity index (χ4n) is 10.3. The first-order valence-electron chi connectivity index (χ1n) is 26.4. The largest absolute Gasteiger partial charge is 0.481 e. The van der Waals surface area contributed by atoms with Crippen LogP contribution in [0.15, 0.2) is 59.4 Å². The molecule has 8 amide bonds. The van der Waals surface area contributed by atoms with Crippen LogP contribution >= 0.6 is 0 Å². The van der Waals surface area contributed by atoms with Crippen LogP contribution in [0.5, 0.6) is 0 Å². The van der Waals surface area contributed by atoms with Gasteiger partial charge in [0.25, 0.3) is 17.4 Å². The lowest BCUT2D eigenvalue weighted by atomic mass is 9.81. The summed E-state index contributed by atoms with van der Waals surface area (Å²) in [6.45, 7) is 1.12. The summed E-state index contributed by atoms with van der Waals surface area (Å²) >= 11 is 0. The number of pyridine rings is 2. The lowest BCUT2D eigenvalue weighted by Crippen LogP contribution is -2.57. The molecule has 0 fully saturated rings. The van der Waals surface area contributed by atoms with E-state index >= 15 is 4.39 Å². The topological polar surface area (TPSA) is 389 Å². The number of nitrogens with one attached hydrogen (secondary N) is 7. The minimum absolute atomic E-state index is 0.0181. The van der Waals surface area contributed by atoms with E-state index in [2.05, 4.69) is 37.2 Å². The summed E-state index contributed by atoms with van der Waals surface area (Å²) in [6, 6.07) is 6.16. The maximum Gasteiger partial charge on any atom is 0.343 e. The SMILES string of the molecule is CC[C@@]1(O)C(=O)OCc2c1cc1n(c2=O)Cc2c-1nc1cc(F)c(C)c3c1c2[C@@H](NC(=O)[C@@H](C)OCNC(=O)CNC(=O)[C@H](Cc1ccccc1)NC(=O)CNC(=O)CNC(=O)[C@H](CNC(CCC(=O)O)C(=O)O)N1C(=O)C=CC1=O)CC3. The van der Waals surface area contributed by atoms with E-state index in [-0.39, 0.29) is 42.6 Å². The fourth-order valence-corrected chi connectivity index (χ4v) is 10.3. The number of carboxylic acids is 2. The normalized spacial score (nSPS) is 17.9. The maximum absolute atomic E-state index is 15.4. The molecular weight excluding hydrogens is 1090 g/mol. The number of nitrogens with zero attached hydrogens (tertiary/aromatic N) is 3. The second-order valence-electron chi connectivity index (χ2n) is 20.1. The molecule has 0 radical (unpaired) electrons. The third kappa shape index (κ3) is 12.9. The second-order valence-corrected chi connectivity index (χ2v) is 20.1. The molecule has 0 spiro atoms. The first-order valence-corrected chi connectivity index (χ1v) is 26.4. The number of carboxylic acid groups (broad SMARTS) is 2. The Hall–Kier alpha value is -9.28. The number of ether oxygens (including phenoxy) is 2. The van der Waals surface area contributed by atoms with Gasteiger partial charge in [0.05, 0.1) is 54.7 Å². The third-order valence-corrected chi connectivity index (χ3v) is 14.9. The van der Waals surface area contributed by atoms with Gasteiger partial charge >= 0.3 is 17.9 Å². The summed E-state index contributed by atoms with van der Waals surface area (Å²) in [6.07, 6.45) is 0.189. The van der Waals surface area contributed by atoms with Crippen molar-refractivity contribution in [2.24, 2.45) is 0 Å². The molecular formula is C55H59FN10O17. The maximum atomic E-state index is 15.4. The highest BCUT2D eigenvalue weighted by Crippen LogP contribution is 2.46. The Bertz CT molecular complexity index is 3440. The van der Waals surface area contributed by atoms with Crippen molar-refractivity contribution in [1.82, 2.24) is 51.7 Å². The first kappa shape index (κ1) is 59.8. The van der Waals surface area contributed by atoms with Gasteiger partial charge in [0, 0.05) is 54.1 Å². The van der Waals surface area contributed by atoms with E-state index in [0.717, 1.165) is 12.2 Å². The highest BCUT2D eigenvalue weighted by molar-refractivity contribution is 6.15. The van der Waals surface area contributed by atoms with E-state index in [9.17, 15) is 67.7 Å². The summed E-state index contributed by atoms with van der Waals surface area (Å²) < 4.78 is 27.8. The molecule has 0 saturated heterocycles. The Labute approximate surface area is 470 Å². The minimum Gasteiger partial charge on any atom is -0.481 e. The minimum atomic E-state index is -2.08. The Kier molecular flexibility index (Phi) is 18.2. The number of cyclic esters (lactones) is 1. The quantitative estimate of drug-likeness (QED) is 0.0178. The summed E-state index contributed by atoms with van der Waals surface area (Å²) in [7, 11) is 0. The van der Waals surface area contributed by atoms with Crippen molar-refractivity contribution >= 4 is 76.1 Å². The lowest BCUT2D eigenvalue weighted by Gasteiger charge is -2.31. The number of halogens is 1. The molecule has 4 aliphatic rings. The van der Waals surface area contributed by atoms with Gasteiger partial charge in [-0.3, -0.25) is 57.6 Å². The number of benzene rings is 2. The molecule has 27 nitrogen and oxygen atoms in total. The molecule has 5 heterocycles. The number of rotatable bonds is 25. The van der Waals surface area contributed by atoms with Gasteiger partial charge in [0.2, 0.25) is 35.4 Å². The van der Waals surface area contributed by atoms with Gasteiger partial charge in [-0.2, -0.15) is 0 Å². The average Bonchev–Trinajstić information content (AvgIpc) is 3.80. The fraction of sp³-hybridized carbons (Fsp3) is 0.400. The van der Waals surface area contributed by atoms with Crippen molar-refractivity contribution in [2.45, 2.75) is 108 Å². The van der Waals surface area contributed by atoms with Gasteiger partial charge in [-0.15, -0.1) is 0 Å². The molecule has 2 aromatic carbocycles. The zero-order chi connectivity index (χ0) is 60.0. The molecule has 4 aromatic rings. The van der Waals surface area contributed by atoms with Crippen molar-refractivity contribution in [2.75, 3.05) is 32.9 Å². The zero-order valence-electron chi connectivity index (χ0n) is 45.1. The van der Waals surface area contributed by atoms with Crippen LogP contribution in [0.25, 0.3) is 22.3 Å². The molecule has 0 bridgehead atoms. The van der Waals surface area contributed by atoms with Crippen molar-refractivity contribution < 1.29 is 81.9 Å². The lowest BCUT2D eigenvalue weighted by molar-refractivity contribution is -0.172. The molecule has 438 valence electrons. The number of carbonyl (C=O) groups is 11. The number of hydrogen-bond acceptors (Lipinski definition) is 17. The molecule has 28 heteroatoms. The Morgan fingerprint density at radius 2 is 1.53 bits per heavy atom. The van der Waals surface area contributed by atoms with Gasteiger partial charge < -0.3 is 66.6 Å². The summed E-state index contributed by atoms with van der Waals surface area (Å²) in [5.41, 5.74) is 1.46. The van der Waals surface area contributed by atoms with E-state index in [1.54, 1.807) is 50.2 Å². The molecule has 8 rings (SSSR count). The predicted octanol–water partition coefficient (Wildman–Crippen LogP) is -1.61. The van der Waals surface area contributed by atoms with Crippen LogP contribution in [-0.2, 0) is 93.8 Å². The van der Waals surface area contributed by atoms with Gasteiger partial charge in [0.1, 0.15) is 43.4 Å². The monoisotopic (exact) mass is 1150 g/mol. The predicted molar refractivity (Wildman–Crippen MR) is 284 cm³/mol. The van der Waals surface area contributed by atoms with Gasteiger partial charge in [0.15, 0.2) is 5.60 Å². The molecule has 1 aliphatic carbocycles. The molecule has 3 aliphatic heterocycles. The Balaban J connectivity index is 0.841. The van der Waals surface area contributed by atoms with Crippen LogP contribution < -0.4 is 42.8 Å². The standard InChI is InChI=1S/C55H59FN10O17/c1-4-55(81)32-17-38-48-30(23-65(38)52(77)31(32)24-82-54(55)80)47-34(11-10-29-26(2)33(56)18-36(63-48)46(29)47)64-49(74)27(3)83-25-61-41(68)21-59-50(75)37(16-28-8-6-5-7-9-28)62-42(69)22-58-40(67)20-60-51(76)39(66-43(70)13-14-44(66)71)19-57-35(53(78)79)12-15-45(72)73/h5-9,13-14,17-18,27,34-35,37,39,57,81H,4,10-12,15-16,19-25H2,1-3H3,(H,58,67)(H,59,75)(H,60,76)(H,61,68)(H,62,69)(H,64,74)(H,72,73)(H,78,79)/t27-,34+,35?,37+,39+,55+/m1/s1. The molecule has 6 atom stereocenters. The first-order chi connectivity index (χ1) is 39.5. The van der Waals surface area contributed by atoms with Crippen molar-refractivity contribution in [3.63, 3.8) is 0 Å². The summed E-state index contributed by atoms with van der Waals surface area (Å²) in [5.74, 6) is -11.0. The average molecular weight is 1150 g/mol. The third-order valence-electron chi connectivity index (χ3n) is 14.9. The number of aryl methyl sites for hydroxylation is 1. The van der Waals surface area contributed by atoms with Gasteiger partial charge in [-0.25, -0.2) is 14.2 Å². The van der Waals surface area contributed by atoms with Crippen molar-refractivity contribution in [1.29, 1.82) is 0 Å². The summed E-state index contributed by atoms with van der Waals surface area (Å²) in [5, 5.41) is 47.9. The number of amides is 8. The van der Waals surface area contributed by atoms with Crippen molar-refractivity contribution in [3.8, 4) is 11.4 Å². The second kappa shape index (κ2) is 25.2. The molecule has 83 heavy (non-hydrogen) atoms. The highest BCUT2D eigenvalue weighted by Gasteiger charge is 2.46. The van der Waals surface area contributed by atoms with E-state index in [0.29, 0.717) is 62.3 Å². The van der Waals surface area contributed by atoms with Crippen molar-refractivity contribution in [3.05, 3.63) is 110 Å². The van der Waals surface area contributed by atoms with Crippen LogP contribution in [0.3, 0.4) is 0 Å². The molecule has 10 N–H and O–H groups in total. The molecule has 0 saturated carbocycles. The van der Waals surface area contributed by atoms with Crippen LogP contribution in [0, 0.1) is 12.7 Å². The zero-order valence-corrected chi connectivity index (χ0v) is 45.1. The number of fused-ring (bicyclic) bond motifs is 5. The number of imide groups is 1. The van der Waals surface area contributed by atoms with E-state index in [4.69, 9.17) is 19.6 Å². The number of esters is 1. The smallest absolute Gasteiger partial charge is 0.343 e. The van der Waals surface area contributed by atoms with E-state index in [1.165, 1.54) is 17.6 Å². The van der Waals surface area contributed by atoms with Crippen LogP contribution in [0.4, 0.5) is 4.39 Å². The number of hydrogen-bond donors (Lipinski definition) is 10. The summed E-state index contributed by atoms with van der Waals surface area (Å²) in [4.78, 5) is 159. The Morgan fingerprint density at radius 1 is 0.855 bits per heavy atom. The van der Waals surface area contributed by atoms with Gasteiger partial charge in [-0.05, 0) is 67.9 Å². The highest BCUT2D eigenvalue weighted by atomic mass is 19.1. The molecule has 1 unspecified atom stereocenters.